The lowest BCUT2D eigenvalue weighted by Crippen LogP contribution is -2.57. The first-order valence-electron chi connectivity index (χ1n) is 5.33. The van der Waals surface area contributed by atoms with Crippen LogP contribution < -0.4 is 5.73 Å². The molecule has 1 heterocycles. The second kappa shape index (κ2) is 4.45. The molecule has 0 aromatic heterocycles. The molecule has 0 atom stereocenters. The molecule has 2 N–H and O–H groups in total. The van der Waals surface area contributed by atoms with Crippen LogP contribution in [0, 0.1) is 0 Å². The van der Waals surface area contributed by atoms with Gasteiger partial charge in [-0.1, -0.05) is 30.3 Å². The van der Waals surface area contributed by atoms with Gasteiger partial charge in [-0.05, 0) is 12.0 Å². The number of hydrogen-bond acceptors (Lipinski definition) is 2. The minimum atomic E-state index is 0.200. The summed E-state index contributed by atoms with van der Waals surface area (Å²) in [5.74, 6) is 0.223. The Hall–Kier alpha value is -1.35. The highest BCUT2D eigenvalue weighted by molar-refractivity contribution is 5.77. The molecule has 0 aliphatic carbocycles. The summed E-state index contributed by atoms with van der Waals surface area (Å²) in [5.41, 5.74) is 6.84. The largest absolute Gasteiger partial charge is 0.339 e. The number of hydrogen-bond donors (Lipinski definition) is 1. The highest BCUT2D eigenvalue weighted by Crippen LogP contribution is 2.10. The molecule has 80 valence electrons. The molecule has 1 saturated heterocycles. The van der Waals surface area contributed by atoms with Crippen molar-refractivity contribution in [3.05, 3.63) is 35.9 Å². The van der Waals surface area contributed by atoms with E-state index in [1.54, 1.807) is 0 Å². The third-order valence-corrected chi connectivity index (χ3v) is 2.73. The van der Waals surface area contributed by atoms with E-state index in [0.29, 0.717) is 6.42 Å². The molecular weight excluding hydrogens is 188 g/mol. The number of amides is 1. The van der Waals surface area contributed by atoms with Crippen molar-refractivity contribution in [1.29, 1.82) is 0 Å². The fourth-order valence-corrected chi connectivity index (χ4v) is 1.77. The molecule has 2 rings (SSSR count). The average Bonchev–Trinajstić information content (AvgIpc) is 2.23. The molecule has 1 aliphatic heterocycles. The summed E-state index contributed by atoms with van der Waals surface area (Å²) in [6.07, 6.45) is 1.42. The number of nitrogens with two attached hydrogens (primary N) is 1. The van der Waals surface area contributed by atoms with Crippen LogP contribution in [0.5, 0.6) is 0 Å². The SMILES string of the molecule is NC1CN(C(=O)CCc2ccccc2)C1. The number of likely N-dealkylation sites (tertiary alicyclic amines) is 1. The number of nitrogens with zero attached hydrogens (tertiary/aromatic N) is 1. The summed E-state index contributed by atoms with van der Waals surface area (Å²) >= 11 is 0. The fraction of sp³-hybridized carbons (Fsp3) is 0.417. The number of carbonyl (C=O) groups is 1. The molecule has 1 aromatic rings. The summed E-state index contributed by atoms with van der Waals surface area (Å²) in [6.45, 7) is 1.46. The van der Waals surface area contributed by atoms with E-state index >= 15 is 0 Å². The summed E-state index contributed by atoms with van der Waals surface area (Å²) in [7, 11) is 0. The second-order valence-electron chi connectivity index (χ2n) is 4.04. The van der Waals surface area contributed by atoms with E-state index in [0.717, 1.165) is 19.5 Å². The molecular formula is C12H16N2O. The molecule has 3 heteroatoms. The number of carbonyl (C=O) groups excluding carboxylic acids is 1. The minimum Gasteiger partial charge on any atom is -0.339 e. The zero-order valence-electron chi connectivity index (χ0n) is 8.73. The van der Waals surface area contributed by atoms with Crippen LogP contribution in [0.1, 0.15) is 12.0 Å². The lowest BCUT2D eigenvalue weighted by molar-refractivity contribution is -0.135. The zero-order chi connectivity index (χ0) is 10.7. The minimum absolute atomic E-state index is 0.200. The normalized spacial score (nSPS) is 16.2. The van der Waals surface area contributed by atoms with Crippen molar-refractivity contribution >= 4 is 5.91 Å². The summed E-state index contributed by atoms with van der Waals surface area (Å²) in [5, 5.41) is 0. The van der Waals surface area contributed by atoms with Crippen molar-refractivity contribution in [1.82, 2.24) is 4.90 Å². The smallest absolute Gasteiger partial charge is 0.223 e. The van der Waals surface area contributed by atoms with E-state index in [1.165, 1.54) is 5.56 Å². The Kier molecular flexibility index (Phi) is 3.02. The molecule has 0 saturated carbocycles. The van der Waals surface area contributed by atoms with Crippen LogP contribution in [0.25, 0.3) is 0 Å². The van der Waals surface area contributed by atoms with Gasteiger partial charge in [0.1, 0.15) is 0 Å². The van der Waals surface area contributed by atoms with Crippen molar-refractivity contribution in [2.45, 2.75) is 18.9 Å². The highest BCUT2D eigenvalue weighted by Gasteiger charge is 2.26. The van der Waals surface area contributed by atoms with Crippen LogP contribution in [-0.4, -0.2) is 29.9 Å². The Morgan fingerprint density at radius 3 is 2.60 bits per heavy atom. The van der Waals surface area contributed by atoms with E-state index in [4.69, 9.17) is 5.73 Å². The van der Waals surface area contributed by atoms with Gasteiger partial charge in [-0.2, -0.15) is 0 Å². The predicted octanol–water partition coefficient (Wildman–Crippen LogP) is 0.789. The molecule has 1 aromatic carbocycles. The topological polar surface area (TPSA) is 46.3 Å². The van der Waals surface area contributed by atoms with Crippen LogP contribution in [0.15, 0.2) is 30.3 Å². The highest BCUT2D eigenvalue weighted by atomic mass is 16.2. The maximum absolute atomic E-state index is 11.6. The quantitative estimate of drug-likeness (QED) is 0.791. The third kappa shape index (κ3) is 2.57. The molecule has 3 nitrogen and oxygen atoms in total. The van der Waals surface area contributed by atoms with Gasteiger partial charge in [-0.15, -0.1) is 0 Å². The maximum atomic E-state index is 11.6. The van der Waals surface area contributed by atoms with Crippen molar-refractivity contribution < 1.29 is 4.79 Å². The van der Waals surface area contributed by atoms with Gasteiger partial charge in [0.2, 0.25) is 5.91 Å². The second-order valence-corrected chi connectivity index (χ2v) is 4.04. The van der Waals surface area contributed by atoms with Crippen molar-refractivity contribution in [3.8, 4) is 0 Å². The van der Waals surface area contributed by atoms with Crippen molar-refractivity contribution in [2.24, 2.45) is 5.73 Å². The van der Waals surface area contributed by atoms with E-state index < -0.39 is 0 Å². The summed E-state index contributed by atoms with van der Waals surface area (Å²) in [4.78, 5) is 13.4. The first kappa shape index (κ1) is 10.2. The third-order valence-electron chi connectivity index (χ3n) is 2.73. The summed E-state index contributed by atoms with van der Waals surface area (Å²) < 4.78 is 0. The van der Waals surface area contributed by atoms with Crippen molar-refractivity contribution in [2.75, 3.05) is 13.1 Å². The summed E-state index contributed by atoms with van der Waals surface area (Å²) in [6, 6.07) is 10.3. The van der Waals surface area contributed by atoms with E-state index in [1.807, 2.05) is 23.1 Å². The Morgan fingerprint density at radius 2 is 2.00 bits per heavy atom. The Balaban J connectivity index is 1.76. The molecule has 0 radical (unpaired) electrons. The predicted molar refractivity (Wildman–Crippen MR) is 59.3 cm³/mol. The molecule has 0 spiro atoms. The first-order valence-corrected chi connectivity index (χ1v) is 5.33. The average molecular weight is 204 g/mol. The molecule has 0 bridgehead atoms. The van der Waals surface area contributed by atoms with Gasteiger partial charge in [0, 0.05) is 25.6 Å². The van der Waals surface area contributed by atoms with Gasteiger partial charge in [0.05, 0.1) is 0 Å². The van der Waals surface area contributed by atoms with Crippen LogP contribution in [0.3, 0.4) is 0 Å². The zero-order valence-corrected chi connectivity index (χ0v) is 8.73. The Morgan fingerprint density at radius 1 is 1.33 bits per heavy atom. The lowest BCUT2D eigenvalue weighted by atomic mass is 10.1. The van der Waals surface area contributed by atoms with Gasteiger partial charge >= 0.3 is 0 Å². The maximum Gasteiger partial charge on any atom is 0.223 e. The van der Waals surface area contributed by atoms with Crippen LogP contribution >= 0.6 is 0 Å². The lowest BCUT2D eigenvalue weighted by Gasteiger charge is -2.36. The molecule has 15 heavy (non-hydrogen) atoms. The van der Waals surface area contributed by atoms with E-state index in [9.17, 15) is 4.79 Å². The van der Waals surface area contributed by atoms with Gasteiger partial charge in [0.25, 0.3) is 0 Å². The molecule has 1 fully saturated rings. The Labute approximate surface area is 89.9 Å². The van der Waals surface area contributed by atoms with Gasteiger partial charge in [-0.25, -0.2) is 0 Å². The standard InChI is InChI=1S/C12H16N2O/c13-11-8-14(9-11)12(15)7-6-10-4-2-1-3-5-10/h1-5,11H,6-9,13H2. The number of benzene rings is 1. The molecule has 1 aliphatic rings. The number of aryl methyl sites for hydroxylation is 1. The monoisotopic (exact) mass is 204 g/mol. The first-order chi connectivity index (χ1) is 7.25. The molecule has 0 unspecified atom stereocenters. The molecule has 1 amide bonds. The van der Waals surface area contributed by atoms with Crippen molar-refractivity contribution in [3.63, 3.8) is 0 Å². The van der Waals surface area contributed by atoms with Gasteiger partial charge in [0.15, 0.2) is 0 Å². The van der Waals surface area contributed by atoms with E-state index in [2.05, 4.69) is 12.1 Å². The van der Waals surface area contributed by atoms with Crippen LogP contribution in [0.2, 0.25) is 0 Å². The van der Waals surface area contributed by atoms with Crippen LogP contribution in [-0.2, 0) is 11.2 Å². The van der Waals surface area contributed by atoms with Gasteiger partial charge < -0.3 is 10.6 Å². The van der Waals surface area contributed by atoms with Crippen LogP contribution in [0.4, 0.5) is 0 Å². The number of rotatable bonds is 3. The van der Waals surface area contributed by atoms with Gasteiger partial charge in [-0.3, -0.25) is 4.79 Å². The van der Waals surface area contributed by atoms with E-state index in [-0.39, 0.29) is 11.9 Å². The Bertz CT molecular complexity index is 331. The fourth-order valence-electron chi connectivity index (χ4n) is 1.77.